The Bertz CT molecular complexity index is 847. The van der Waals surface area contributed by atoms with Gasteiger partial charge in [-0.1, -0.05) is 24.3 Å². The summed E-state index contributed by atoms with van der Waals surface area (Å²) in [5.41, 5.74) is -0.397. The van der Waals surface area contributed by atoms with Crippen LogP contribution in [0.2, 0.25) is 0 Å². The van der Waals surface area contributed by atoms with Crippen molar-refractivity contribution in [3.63, 3.8) is 0 Å². The first-order chi connectivity index (χ1) is 13.1. The third-order valence-corrected chi connectivity index (χ3v) is 3.95. The highest BCUT2D eigenvalue weighted by molar-refractivity contribution is 5.85. The number of carbonyl (C=O) groups excluding carboxylic acids is 3. The number of furan rings is 1. The van der Waals surface area contributed by atoms with Gasteiger partial charge in [0.05, 0.1) is 7.11 Å². The molecule has 2 rings (SSSR count). The lowest BCUT2D eigenvalue weighted by molar-refractivity contribution is -0.147. The largest absolute Gasteiger partial charge is 0.467 e. The summed E-state index contributed by atoms with van der Waals surface area (Å²) >= 11 is 0. The maximum Gasteiger partial charge on any atom is 0.408 e. The normalized spacial score (nSPS) is 13.3. The molecule has 1 aromatic carbocycles. The predicted octanol–water partition coefficient (Wildman–Crippen LogP) is 3.76. The Balaban J connectivity index is 2.18. The highest BCUT2D eigenvalue weighted by atomic mass is 16.6. The van der Waals surface area contributed by atoms with Gasteiger partial charge in [0.15, 0.2) is 12.0 Å². The molecule has 2 aromatic rings. The third-order valence-electron chi connectivity index (χ3n) is 3.95. The predicted molar refractivity (Wildman–Crippen MR) is 103 cm³/mol. The van der Waals surface area contributed by atoms with Crippen molar-refractivity contribution in [1.82, 2.24) is 5.32 Å². The highest BCUT2D eigenvalue weighted by Gasteiger charge is 2.37. The lowest BCUT2D eigenvalue weighted by Gasteiger charge is -2.29. The second-order valence-electron chi connectivity index (χ2n) is 7.64. The molecular formula is C21H25NO6. The average Bonchev–Trinajstić information content (AvgIpc) is 3.09. The van der Waals surface area contributed by atoms with Crippen LogP contribution in [0.4, 0.5) is 4.79 Å². The number of ether oxygens (including phenoxy) is 2. The fourth-order valence-corrected chi connectivity index (χ4v) is 2.69. The van der Waals surface area contributed by atoms with Gasteiger partial charge in [-0.3, -0.25) is 4.79 Å². The van der Waals surface area contributed by atoms with E-state index < -0.39 is 23.2 Å². The quantitative estimate of drug-likeness (QED) is 0.599. The van der Waals surface area contributed by atoms with E-state index in [1.165, 1.54) is 7.11 Å². The maximum absolute atomic E-state index is 12.3. The molecule has 0 saturated heterocycles. The van der Waals surface area contributed by atoms with Crippen LogP contribution in [-0.2, 0) is 20.7 Å². The van der Waals surface area contributed by atoms with Crippen LogP contribution >= 0.6 is 0 Å². The summed E-state index contributed by atoms with van der Waals surface area (Å²) in [6.45, 7) is 6.81. The molecule has 150 valence electrons. The smallest absolute Gasteiger partial charge is 0.408 e. The van der Waals surface area contributed by atoms with Gasteiger partial charge >= 0.3 is 12.1 Å². The second-order valence-corrected chi connectivity index (χ2v) is 7.64. The zero-order valence-corrected chi connectivity index (χ0v) is 16.7. The summed E-state index contributed by atoms with van der Waals surface area (Å²) in [6, 6.07) is 10.6. The van der Waals surface area contributed by atoms with Crippen molar-refractivity contribution >= 4 is 18.3 Å². The summed E-state index contributed by atoms with van der Waals surface area (Å²) in [5.74, 6) is 0.235. The summed E-state index contributed by atoms with van der Waals surface area (Å²) < 4.78 is 15.5. The van der Waals surface area contributed by atoms with E-state index in [0.29, 0.717) is 12.0 Å². The molecule has 0 aliphatic rings. The van der Waals surface area contributed by atoms with Gasteiger partial charge in [-0.15, -0.1) is 0 Å². The Labute approximate surface area is 164 Å². The van der Waals surface area contributed by atoms with E-state index >= 15 is 0 Å². The summed E-state index contributed by atoms with van der Waals surface area (Å²) in [4.78, 5) is 35.2. The van der Waals surface area contributed by atoms with Gasteiger partial charge in [0.1, 0.15) is 16.9 Å². The van der Waals surface area contributed by atoms with Crippen molar-refractivity contribution in [2.45, 2.75) is 45.3 Å². The Hall–Kier alpha value is -3.09. The number of esters is 1. The van der Waals surface area contributed by atoms with E-state index in [0.717, 1.165) is 11.1 Å². The molecule has 1 unspecified atom stereocenters. The van der Waals surface area contributed by atoms with Crippen LogP contribution in [0.1, 0.15) is 43.8 Å². The molecule has 0 radical (unpaired) electrons. The number of methoxy groups -OCH3 is 1. The molecule has 7 heteroatoms. The number of rotatable bonds is 6. The maximum atomic E-state index is 12.3. The molecule has 0 aliphatic carbocycles. The Morgan fingerprint density at radius 3 is 2.21 bits per heavy atom. The average molecular weight is 387 g/mol. The van der Waals surface area contributed by atoms with Crippen LogP contribution in [-0.4, -0.2) is 36.6 Å². The van der Waals surface area contributed by atoms with Crippen molar-refractivity contribution in [1.29, 1.82) is 0 Å². The molecule has 0 bridgehead atoms. The van der Waals surface area contributed by atoms with Crippen molar-refractivity contribution in [2.24, 2.45) is 0 Å². The van der Waals surface area contributed by atoms with Crippen LogP contribution in [0.15, 0.2) is 40.8 Å². The minimum Gasteiger partial charge on any atom is -0.467 e. The number of nitrogens with one attached hydrogen (secondary N) is 1. The highest BCUT2D eigenvalue weighted by Crippen LogP contribution is 2.24. The molecule has 1 amide bonds. The van der Waals surface area contributed by atoms with Gasteiger partial charge < -0.3 is 19.2 Å². The minimum absolute atomic E-state index is 0.205. The fourth-order valence-electron chi connectivity index (χ4n) is 2.69. The molecule has 0 aliphatic heterocycles. The number of carbonyl (C=O) groups is 3. The molecule has 1 aromatic heterocycles. The summed E-state index contributed by atoms with van der Waals surface area (Å²) in [6.07, 6.45) is 0.146. The molecule has 7 nitrogen and oxygen atoms in total. The SMILES string of the molecule is COC(=O)C(C)(Cc1ccc(-c2ccc(C=O)o2)cc1)NC(=O)OC(C)(C)C. The van der Waals surface area contributed by atoms with Crippen molar-refractivity contribution in [3.05, 3.63) is 47.7 Å². The Kier molecular flexibility index (Phi) is 6.28. The van der Waals surface area contributed by atoms with E-state index in [1.807, 2.05) is 24.3 Å². The number of hydrogen-bond acceptors (Lipinski definition) is 6. The van der Waals surface area contributed by atoms with E-state index in [-0.39, 0.29) is 12.2 Å². The first-order valence-electron chi connectivity index (χ1n) is 8.80. The van der Waals surface area contributed by atoms with Gasteiger partial charge in [0.25, 0.3) is 0 Å². The lowest BCUT2D eigenvalue weighted by atomic mass is 9.92. The second kappa shape index (κ2) is 8.29. The van der Waals surface area contributed by atoms with E-state index in [9.17, 15) is 14.4 Å². The fraction of sp³-hybridized carbons (Fsp3) is 0.381. The summed E-state index contributed by atoms with van der Waals surface area (Å²) in [7, 11) is 1.27. The van der Waals surface area contributed by atoms with Gasteiger partial charge in [0.2, 0.25) is 0 Å². The van der Waals surface area contributed by atoms with Gasteiger partial charge in [-0.25, -0.2) is 9.59 Å². The molecular weight excluding hydrogens is 362 g/mol. The number of alkyl carbamates (subject to hydrolysis) is 1. The van der Waals surface area contributed by atoms with Gasteiger partial charge in [-0.2, -0.15) is 0 Å². The zero-order valence-electron chi connectivity index (χ0n) is 16.7. The standard InChI is InChI=1S/C21H25NO6/c1-20(2,3)28-19(25)22-21(4,18(24)26-5)12-14-6-8-15(9-7-14)17-11-10-16(13-23)27-17/h6-11,13H,12H2,1-5H3,(H,22,25). The first-order valence-corrected chi connectivity index (χ1v) is 8.80. The third kappa shape index (κ3) is 5.45. The monoisotopic (exact) mass is 387 g/mol. The molecule has 1 heterocycles. The van der Waals surface area contributed by atoms with Gasteiger partial charge in [-0.05, 0) is 45.4 Å². The molecule has 1 atom stereocenters. The van der Waals surface area contributed by atoms with Crippen molar-refractivity contribution in [2.75, 3.05) is 7.11 Å². The lowest BCUT2D eigenvalue weighted by Crippen LogP contribution is -2.55. The Morgan fingerprint density at radius 1 is 1.07 bits per heavy atom. The topological polar surface area (TPSA) is 94.8 Å². The molecule has 0 spiro atoms. The van der Waals surface area contributed by atoms with Crippen LogP contribution in [0.5, 0.6) is 0 Å². The van der Waals surface area contributed by atoms with Crippen molar-refractivity contribution < 1.29 is 28.3 Å². The van der Waals surface area contributed by atoms with Crippen LogP contribution in [0.3, 0.4) is 0 Å². The van der Waals surface area contributed by atoms with E-state index in [2.05, 4.69) is 5.32 Å². The van der Waals surface area contributed by atoms with E-state index in [4.69, 9.17) is 13.9 Å². The molecule has 0 saturated carbocycles. The Morgan fingerprint density at radius 2 is 1.71 bits per heavy atom. The van der Waals surface area contributed by atoms with Gasteiger partial charge in [0, 0.05) is 12.0 Å². The number of amides is 1. The molecule has 28 heavy (non-hydrogen) atoms. The van der Waals surface area contributed by atoms with E-state index in [1.54, 1.807) is 39.8 Å². The number of hydrogen-bond donors (Lipinski definition) is 1. The minimum atomic E-state index is -1.30. The molecule has 1 N–H and O–H groups in total. The van der Waals surface area contributed by atoms with Crippen LogP contribution in [0.25, 0.3) is 11.3 Å². The first kappa shape index (κ1) is 21.2. The molecule has 0 fully saturated rings. The van der Waals surface area contributed by atoms with Crippen LogP contribution in [0, 0.1) is 0 Å². The van der Waals surface area contributed by atoms with Crippen molar-refractivity contribution in [3.8, 4) is 11.3 Å². The van der Waals surface area contributed by atoms with Crippen LogP contribution < -0.4 is 5.32 Å². The number of aldehydes is 1. The zero-order chi connectivity index (χ0) is 20.9. The number of benzene rings is 1. The summed E-state index contributed by atoms with van der Waals surface area (Å²) in [5, 5.41) is 2.61.